The van der Waals surface area contributed by atoms with E-state index >= 15 is 0 Å². The number of halogens is 7. The Kier molecular flexibility index (Phi) is 18.9. The molecule has 23 heteroatoms. The first kappa shape index (κ1) is 53.6. The summed E-state index contributed by atoms with van der Waals surface area (Å²) in [5, 5.41) is 8.66. The number of carbonyl (C=O) groups is 4. The van der Waals surface area contributed by atoms with Crippen molar-refractivity contribution in [2.45, 2.75) is 38.1 Å². The summed E-state index contributed by atoms with van der Waals surface area (Å²) < 4.78 is 75.4. The molecule has 0 fully saturated rings. The standard InChI is InChI=1S/C23H18ClF2N3O4.C16H14F2N2O2.C10H8ClN3O2.ClH/c24-16-5-2-9-27-20(16)12-33-23(31)29-19-8-10-32-21-14(19)3-1-4-15(21)22(30)28-13-6-7-17(25)18(26)11-13;17-12-5-4-9(8-13(12)18)20-16(21)11-3-1-2-10-14(19)6-7-22-15(10)11;11-8-2-1-3-13-9(8)6-16-10(15)14-5-4-12-7-14;/h1-7,9,11,19H,8,10,12H2,(H,28,30)(H,29,31);1-5,8,14H,6-7,19H2,(H,20,21);1-5,7H,6H2;1H/t19-;14-;;/m00../s1. The molecular formula is C49H41Cl3F4N8O8. The highest BCUT2D eigenvalue weighted by atomic mass is 35.5. The Balaban J connectivity index is 0.000000188. The first-order valence-corrected chi connectivity index (χ1v) is 22.1. The van der Waals surface area contributed by atoms with Crippen LogP contribution in [0.25, 0.3) is 0 Å². The maximum atomic E-state index is 13.5. The smallest absolute Gasteiger partial charge is 0.419 e. The van der Waals surface area contributed by atoms with E-state index in [1.165, 1.54) is 41.5 Å². The Hall–Kier alpha value is -7.78. The van der Waals surface area contributed by atoms with Gasteiger partial charge in [-0.25, -0.2) is 36.7 Å². The molecule has 374 valence electrons. The second-order valence-electron chi connectivity index (χ2n) is 15.2. The van der Waals surface area contributed by atoms with E-state index in [2.05, 4.69) is 30.9 Å². The number of aromatic nitrogens is 4. The number of rotatable bonds is 9. The second kappa shape index (κ2) is 25.4. The van der Waals surface area contributed by atoms with Crippen LogP contribution in [0.3, 0.4) is 0 Å². The van der Waals surface area contributed by atoms with Gasteiger partial charge < -0.3 is 40.6 Å². The third-order valence-corrected chi connectivity index (χ3v) is 11.1. The lowest BCUT2D eigenvalue weighted by Gasteiger charge is -2.27. The van der Waals surface area contributed by atoms with Crippen LogP contribution in [0.1, 0.15) is 68.2 Å². The predicted octanol–water partition coefficient (Wildman–Crippen LogP) is 10.6. The summed E-state index contributed by atoms with van der Waals surface area (Å²) in [6.07, 6.45) is 7.45. The van der Waals surface area contributed by atoms with E-state index in [-0.39, 0.29) is 55.2 Å². The Bertz CT molecular complexity index is 3050. The molecule has 0 unspecified atom stereocenters. The molecule has 2 atom stereocenters. The maximum Gasteiger partial charge on any atom is 0.419 e. The number of amides is 3. The fourth-order valence-corrected chi connectivity index (χ4v) is 7.22. The van der Waals surface area contributed by atoms with E-state index in [4.69, 9.17) is 47.9 Å². The molecule has 4 aromatic carbocycles. The Labute approximate surface area is 424 Å². The first-order valence-electron chi connectivity index (χ1n) is 21.3. The van der Waals surface area contributed by atoms with Crippen molar-refractivity contribution in [1.82, 2.24) is 24.8 Å². The number of nitrogens with one attached hydrogen (secondary N) is 3. The molecule has 3 amide bonds. The van der Waals surface area contributed by atoms with Crippen molar-refractivity contribution in [3.05, 3.63) is 195 Å². The predicted molar refractivity (Wildman–Crippen MR) is 258 cm³/mol. The molecule has 3 aromatic heterocycles. The van der Waals surface area contributed by atoms with Gasteiger partial charge in [0.15, 0.2) is 23.3 Å². The number of hydrogen-bond donors (Lipinski definition) is 4. The molecule has 72 heavy (non-hydrogen) atoms. The van der Waals surface area contributed by atoms with Gasteiger partial charge in [-0.05, 0) is 60.7 Å². The monoisotopic (exact) mass is 1050 g/mol. The van der Waals surface area contributed by atoms with E-state index in [1.807, 2.05) is 6.07 Å². The van der Waals surface area contributed by atoms with Gasteiger partial charge in [-0.1, -0.05) is 47.5 Å². The quantitative estimate of drug-likeness (QED) is 0.0995. The topological polar surface area (TPSA) is 211 Å². The van der Waals surface area contributed by atoms with Crippen molar-refractivity contribution in [2.24, 2.45) is 5.73 Å². The van der Waals surface area contributed by atoms with Gasteiger partial charge in [0.2, 0.25) is 0 Å². The summed E-state index contributed by atoms with van der Waals surface area (Å²) in [4.78, 5) is 60.7. The molecule has 5 N–H and O–H groups in total. The summed E-state index contributed by atoms with van der Waals surface area (Å²) in [5.41, 5.74) is 9.09. The average Bonchev–Trinajstić information content (AvgIpc) is 3.92. The third kappa shape index (κ3) is 14.0. The zero-order chi connectivity index (χ0) is 50.4. The highest BCUT2D eigenvalue weighted by Gasteiger charge is 2.28. The van der Waals surface area contributed by atoms with Crippen LogP contribution in [0.5, 0.6) is 11.5 Å². The molecule has 2 aliphatic heterocycles. The molecule has 5 heterocycles. The van der Waals surface area contributed by atoms with Crippen molar-refractivity contribution in [1.29, 1.82) is 0 Å². The van der Waals surface area contributed by atoms with Crippen LogP contribution in [0.4, 0.5) is 38.5 Å². The van der Waals surface area contributed by atoms with Crippen molar-refractivity contribution in [3.63, 3.8) is 0 Å². The van der Waals surface area contributed by atoms with Gasteiger partial charge in [-0.2, -0.15) is 0 Å². The zero-order valence-corrected chi connectivity index (χ0v) is 39.7. The molecule has 7 aromatic rings. The first-order chi connectivity index (χ1) is 34.2. The number of hydrogen-bond acceptors (Lipinski definition) is 12. The molecular weight excluding hydrogens is 1010 g/mol. The molecule has 0 radical (unpaired) electrons. The Morgan fingerprint density at radius 1 is 0.667 bits per heavy atom. The molecule has 0 saturated heterocycles. The van der Waals surface area contributed by atoms with Crippen LogP contribution < -0.4 is 31.2 Å². The number of nitrogens with zero attached hydrogens (tertiary/aromatic N) is 4. The normalized spacial score (nSPS) is 14.0. The van der Waals surface area contributed by atoms with Crippen LogP contribution in [-0.4, -0.2) is 56.7 Å². The third-order valence-electron chi connectivity index (χ3n) is 10.4. The summed E-state index contributed by atoms with van der Waals surface area (Å²) in [6.45, 7) is 0.623. The molecule has 2 aliphatic rings. The van der Waals surface area contributed by atoms with E-state index in [0.717, 1.165) is 29.8 Å². The maximum absolute atomic E-state index is 13.5. The highest BCUT2D eigenvalue weighted by Crippen LogP contribution is 2.36. The number of anilines is 2. The van der Waals surface area contributed by atoms with Crippen LogP contribution in [-0.2, 0) is 22.7 Å². The SMILES string of the molecule is Cl.N[C@H]1CCOc2c(C(=O)Nc3ccc(F)c(F)c3)cccc21.O=C(N[C@H]1CCOc2c(C(=O)Nc3ccc(F)c(F)c3)cccc21)OCc1ncccc1Cl.O=C(OCc1ncccc1Cl)n1ccnc1. The number of fused-ring (bicyclic) bond motifs is 2. The lowest BCUT2D eigenvalue weighted by Crippen LogP contribution is -2.33. The zero-order valence-electron chi connectivity index (χ0n) is 37.3. The lowest BCUT2D eigenvalue weighted by molar-refractivity contribution is 0.101. The molecule has 0 bridgehead atoms. The number of imidazole rings is 1. The molecule has 9 rings (SSSR count). The van der Waals surface area contributed by atoms with Gasteiger partial charge in [0, 0.05) is 78.3 Å². The van der Waals surface area contributed by atoms with E-state index in [1.54, 1.807) is 60.9 Å². The minimum atomic E-state index is -1.08. The summed E-state index contributed by atoms with van der Waals surface area (Å²) in [7, 11) is 0. The van der Waals surface area contributed by atoms with Crippen LogP contribution in [0, 0.1) is 23.3 Å². The number of benzene rings is 4. The summed E-state index contributed by atoms with van der Waals surface area (Å²) in [6, 6.07) is 22.3. The van der Waals surface area contributed by atoms with Gasteiger partial charge >= 0.3 is 12.2 Å². The fraction of sp³-hybridized carbons (Fsp3) is 0.163. The van der Waals surface area contributed by atoms with E-state index in [9.17, 15) is 36.7 Å². The highest BCUT2D eigenvalue weighted by molar-refractivity contribution is 6.31. The second-order valence-corrected chi connectivity index (χ2v) is 16.0. The van der Waals surface area contributed by atoms with Gasteiger partial charge in [-0.15, -0.1) is 12.4 Å². The minimum Gasteiger partial charge on any atom is -0.492 e. The Morgan fingerprint density at radius 3 is 1.72 bits per heavy atom. The fourth-order valence-electron chi connectivity index (χ4n) is 6.87. The van der Waals surface area contributed by atoms with Crippen molar-refractivity contribution < 1.29 is 55.7 Å². The van der Waals surface area contributed by atoms with Crippen LogP contribution >= 0.6 is 35.6 Å². The lowest BCUT2D eigenvalue weighted by atomic mass is 9.97. The molecule has 0 saturated carbocycles. The molecule has 0 spiro atoms. The Morgan fingerprint density at radius 2 is 1.19 bits per heavy atom. The van der Waals surface area contributed by atoms with Gasteiger partial charge in [0.25, 0.3) is 11.8 Å². The summed E-state index contributed by atoms with van der Waals surface area (Å²) >= 11 is 11.9. The summed E-state index contributed by atoms with van der Waals surface area (Å²) in [5.74, 6) is -4.37. The van der Waals surface area contributed by atoms with Gasteiger partial charge in [0.1, 0.15) is 31.0 Å². The van der Waals surface area contributed by atoms with Crippen molar-refractivity contribution >= 4 is 71.0 Å². The van der Waals surface area contributed by atoms with Gasteiger partial charge in [0.05, 0.1) is 51.8 Å². The van der Waals surface area contributed by atoms with Crippen LogP contribution in [0.15, 0.2) is 128 Å². The van der Waals surface area contributed by atoms with Crippen LogP contribution in [0.2, 0.25) is 10.0 Å². The minimum absolute atomic E-state index is 0. The molecule has 16 nitrogen and oxygen atoms in total. The number of ether oxygens (including phenoxy) is 4. The largest absolute Gasteiger partial charge is 0.492 e. The van der Waals surface area contributed by atoms with Gasteiger partial charge in [-0.3, -0.25) is 19.6 Å². The van der Waals surface area contributed by atoms with Crippen molar-refractivity contribution in [3.8, 4) is 11.5 Å². The van der Waals surface area contributed by atoms with E-state index in [0.29, 0.717) is 63.5 Å². The molecule has 0 aliphatic carbocycles. The van der Waals surface area contributed by atoms with E-state index < -0.39 is 53.3 Å². The number of pyridine rings is 2. The number of alkyl carbamates (subject to hydrolysis) is 1. The number of carbonyl (C=O) groups excluding carboxylic acids is 4. The average molecular weight is 1050 g/mol. The number of nitrogens with two attached hydrogens (primary N) is 1. The number of para-hydroxylation sites is 2. The van der Waals surface area contributed by atoms with Crippen molar-refractivity contribution in [2.75, 3.05) is 23.8 Å².